The van der Waals surface area contributed by atoms with Crippen molar-refractivity contribution in [1.29, 1.82) is 0 Å². The van der Waals surface area contributed by atoms with Gasteiger partial charge in [-0.05, 0) is 42.4 Å². The number of rotatable bonds is 2. The van der Waals surface area contributed by atoms with Crippen molar-refractivity contribution in [2.45, 2.75) is 33.6 Å². The molecule has 1 aliphatic heterocycles. The van der Waals surface area contributed by atoms with Crippen LogP contribution in [0, 0.1) is 11.3 Å². The fourth-order valence-corrected chi connectivity index (χ4v) is 3.49. The molecule has 0 amide bonds. The van der Waals surface area contributed by atoms with Gasteiger partial charge in [0, 0.05) is 28.8 Å². The Morgan fingerprint density at radius 3 is 2.40 bits per heavy atom. The number of nitrogens with two attached hydrogens (primary N) is 1. The number of anilines is 1. The van der Waals surface area contributed by atoms with Crippen molar-refractivity contribution < 1.29 is 0 Å². The molecule has 20 heavy (non-hydrogen) atoms. The fourth-order valence-electron chi connectivity index (χ4n) is 2.97. The summed E-state index contributed by atoms with van der Waals surface area (Å²) in [6.07, 6.45) is 2.46. The zero-order valence-electron chi connectivity index (χ0n) is 12.4. The highest BCUT2D eigenvalue weighted by molar-refractivity contribution is 9.10. The maximum atomic E-state index is 5.87. The third-order valence-electron chi connectivity index (χ3n) is 4.28. The Bertz CT molecular complexity index is 500. The van der Waals surface area contributed by atoms with E-state index < -0.39 is 0 Å². The van der Waals surface area contributed by atoms with Crippen LogP contribution in [-0.4, -0.2) is 18.1 Å². The Hall–Kier alpha value is -0.610. The summed E-state index contributed by atoms with van der Waals surface area (Å²) in [5.41, 5.74) is 8.42. The minimum atomic E-state index is 0.401. The summed E-state index contributed by atoms with van der Waals surface area (Å²) in [5, 5.41) is 0. The van der Waals surface area contributed by atoms with Crippen LogP contribution in [0.25, 0.3) is 0 Å². The predicted molar refractivity (Wildman–Crippen MR) is 94.4 cm³/mol. The maximum Gasteiger partial charge on any atom is 0.106 e. The van der Waals surface area contributed by atoms with Gasteiger partial charge in [0.2, 0.25) is 0 Å². The summed E-state index contributed by atoms with van der Waals surface area (Å²) in [6, 6.07) is 6.20. The quantitative estimate of drug-likeness (QED) is 0.800. The third-order valence-corrected chi connectivity index (χ3v) is 5.00. The molecule has 1 heterocycles. The molecule has 1 aromatic rings. The van der Waals surface area contributed by atoms with E-state index in [4.69, 9.17) is 18.0 Å². The van der Waals surface area contributed by atoms with Gasteiger partial charge in [0.15, 0.2) is 0 Å². The van der Waals surface area contributed by atoms with E-state index in [2.05, 4.69) is 53.7 Å². The first-order valence-corrected chi connectivity index (χ1v) is 8.33. The SMILES string of the molecule is CC(C)(C)C1CCN(c2ccc(Br)cc2C(N)=S)CC1. The lowest BCUT2D eigenvalue weighted by molar-refractivity contribution is 0.199. The van der Waals surface area contributed by atoms with Crippen molar-refractivity contribution in [2.24, 2.45) is 17.1 Å². The second-order valence-electron chi connectivity index (χ2n) is 6.65. The summed E-state index contributed by atoms with van der Waals surface area (Å²) in [5.74, 6) is 0.794. The number of thiocarbonyl (C=S) groups is 1. The van der Waals surface area contributed by atoms with Crippen molar-refractivity contribution in [3.05, 3.63) is 28.2 Å². The molecule has 2 nitrogen and oxygen atoms in total. The van der Waals surface area contributed by atoms with Crippen LogP contribution in [0.2, 0.25) is 0 Å². The van der Waals surface area contributed by atoms with Crippen molar-refractivity contribution in [3.8, 4) is 0 Å². The Morgan fingerprint density at radius 1 is 1.30 bits per heavy atom. The maximum absolute atomic E-state index is 5.87. The Kier molecular flexibility index (Phi) is 4.75. The molecule has 1 fully saturated rings. The zero-order valence-corrected chi connectivity index (χ0v) is 14.9. The lowest BCUT2D eigenvalue weighted by Crippen LogP contribution is -2.38. The molecule has 110 valence electrons. The van der Waals surface area contributed by atoms with Gasteiger partial charge in [0.05, 0.1) is 0 Å². The molecular formula is C16H23BrN2S. The van der Waals surface area contributed by atoms with E-state index >= 15 is 0 Å². The minimum absolute atomic E-state index is 0.401. The first-order chi connectivity index (χ1) is 9.29. The van der Waals surface area contributed by atoms with Gasteiger partial charge in [-0.1, -0.05) is 48.9 Å². The van der Waals surface area contributed by atoms with Gasteiger partial charge in [-0.2, -0.15) is 0 Å². The first-order valence-electron chi connectivity index (χ1n) is 7.13. The fraction of sp³-hybridized carbons (Fsp3) is 0.562. The topological polar surface area (TPSA) is 29.3 Å². The Morgan fingerprint density at radius 2 is 1.90 bits per heavy atom. The van der Waals surface area contributed by atoms with Gasteiger partial charge in [0.1, 0.15) is 4.99 Å². The Labute approximate surface area is 135 Å². The molecule has 0 aromatic heterocycles. The van der Waals surface area contributed by atoms with E-state index in [1.54, 1.807) is 0 Å². The molecule has 2 N–H and O–H groups in total. The largest absolute Gasteiger partial charge is 0.389 e. The summed E-state index contributed by atoms with van der Waals surface area (Å²) >= 11 is 8.68. The number of halogens is 1. The van der Waals surface area contributed by atoms with Gasteiger partial charge in [-0.25, -0.2) is 0 Å². The molecule has 2 rings (SSSR count). The molecule has 0 saturated carbocycles. The average Bonchev–Trinajstić information content (AvgIpc) is 2.37. The van der Waals surface area contributed by atoms with Crippen LogP contribution in [0.5, 0.6) is 0 Å². The molecule has 0 radical (unpaired) electrons. The molecule has 1 aliphatic rings. The lowest BCUT2D eigenvalue weighted by atomic mass is 9.75. The van der Waals surface area contributed by atoms with Crippen molar-refractivity contribution in [2.75, 3.05) is 18.0 Å². The molecule has 1 saturated heterocycles. The summed E-state index contributed by atoms with van der Waals surface area (Å²) in [7, 11) is 0. The van der Waals surface area contributed by atoms with Crippen LogP contribution in [0.1, 0.15) is 39.2 Å². The van der Waals surface area contributed by atoms with E-state index in [-0.39, 0.29) is 0 Å². The van der Waals surface area contributed by atoms with Crippen molar-refractivity contribution in [3.63, 3.8) is 0 Å². The van der Waals surface area contributed by atoms with Crippen LogP contribution >= 0.6 is 28.1 Å². The van der Waals surface area contributed by atoms with Crippen LogP contribution in [0.3, 0.4) is 0 Å². The van der Waals surface area contributed by atoms with Gasteiger partial charge in [-0.3, -0.25) is 0 Å². The average molecular weight is 355 g/mol. The highest BCUT2D eigenvalue weighted by Gasteiger charge is 2.29. The highest BCUT2D eigenvalue weighted by atomic mass is 79.9. The molecule has 0 spiro atoms. The molecule has 0 unspecified atom stereocenters. The monoisotopic (exact) mass is 354 g/mol. The predicted octanol–water partition coefficient (Wildman–Crippen LogP) is 4.35. The Balaban J connectivity index is 2.17. The highest BCUT2D eigenvalue weighted by Crippen LogP contribution is 2.36. The summed E-state index contributed by atoms with van der Waals surface area (Å²) < 4.78 is 1.02. The van der Waals surface area contributed by atoms with E-state index in [0.717, 1.165) is 29.0 Å². The number of hydrogen-bond donors (Lipinski definition) is 1. The first kappa shape index (κ1) is 15.8. The standard InChI is InChI=1S/C16H23BrN2S/c1-16(2,3)11-6-8-19(9-7-11)14-5-4-12(17)10-13(14)15(18)20/h4-5,10-11H,6-9H2,1-3H3,(H2,18,20). The third kappa shape index (κ3) is 3.53. The van der Waals surface area contributed by atoms with E-state index in [0.29, 0.717) is 10.4 Å². The molecule has 0 bridgehead atoms. The lowest BCUT2D eigenvalue weighted by Gasteiger charge is -2.40. The normalized spacial score (nSPS) is 17.3. The number of piperidine rings is 1. The number of benzene rings is 1. The van der Waals surface area contributed by atoms with E-state index in [9.17, 15) is 0 Å². The van der Waals surface area contributed by atoms with Crippen LogP contribution in [-0.2, 0) is 0 Å². The van der Waals surface area contributed by atoms with Gasteiger partial charge in [0.25, 0.3) is 0 Å². The van der Waals surface area contributed by atoms with Crippen LogP contribution in [0.4, 0.5) is 5.69 Å². The van der Waals surface area contributed by atoms with Gasteiger partial charge in [-0.15, -0.1) is 0 Å². The van der Waals surface area contributed by atoms with Crippen molar-refractivity contribution >= 4 is 38.8 Å². The molecule has 0 aliphatic carbocycles. The van der Waals surface area contributed by atoms with Crippen molar-refractivity contribution in [1.82, 2.24) is 0 Å². The minimum Gasteiger partial charge on any atom is -0.389 e. The second-order valence-corrected chi connectivity index (χ2v) is 8.01. The van der Waals surface area contributed by atoms with E-state index in [1.165, 1.54) is 18.5 Å². The van der Waals surface area contributed by atoms with Gasteiger partial charge < -0.3 is 10.6 Å². The molecular weight excluding hydrogens is 332 g/mol. The summed E-state index contributed by atoms with van der Waals surface area (Å²) in [4.78, 5) is 2.89. The number of hydrogen-bond acceptors (Lipinski definition) is 2. The zero-order chi connectivity index (χ0) is 14.9. The summed E-state index contributed by atoms with van der Waals surface area (Å²) in [6.45, 7) is 9.19. The molecule has 1 aromatic carbocycles. The van der Waals surface area contributed by atoms with E-state index in [1.807, 2.05) is 6.07 Å². The second kappa shape index (κ2) is 6.02. The molecule has 0 atom stereocenters. The molecule has 4 heteroatoms. The van der Waals surface area contributed by atoms with Crippen LogP contribution in [0.15, 0.2) is 22.7 Å². The van der Waals surface area contributed by atoms with Crippen LogP contribution < -0.4 is 10.6 Å². The number of nitrogens with zero attached hydrogens (tertiary/aromatic N) is 1. The van der Waals surface area contributed by atoms with Gasteiger partial charge >= 0.3 is 0 Å². The smallest absolute Gasteiger partial charge is 0.106 e.